The highest BCUT2D eigenvalue weighted by molar-refractivity contribution is 5.92. The minimum Gasteiger partial charge on any atom is -0.337 e. The van der Waals surface area contributed by atoms with Crippen molar-refractivity contribution in [1.82, 2.24) is 35.2 Å². The Morgan fingerprint density at radius 2 is 1.86 bits per heavy atom. The molecule has 2 aromatic heterocycles. The summed E-state index contributed by atoms with van der Waals surface area (Å²) >= 11 is 0. The third-order valence-electron chi connectivity index (χ3n) is 8.71. The van der Waals surface area contributed by atoms with Gasteiger partial charge in [-0.15, -0.1) is 0 Å². The Morgan fingerprint density at radius 1 is 1.09 bits per heavy atom. The number of aromatic nitrogens is 3. The highest BCUT2D eigenvalue weighted by Crippen LogP contribution is 2.28. The number of amides is 5. The van der Waals surface area contributed by atoms with Gasteiger partial charge in [0.1, 0.15) is 6.04 Å². The van der Waals surface area contributed by atoms with Crippen LogP contribution < -0.4 is 10.6 Å². The molecule has 0 bridgehead atoms. The fraction of sp³-hybridized carbons (Fsp3) is 0.364. The number of hydrogen-bond acceptors (Lipinski definition) is 5. The van der Waals surface area contributed by atoms with Gasteiger partial charge in [-0.2, -0.15) is 5.10 Å². The number of anilines is 1. The maximum absolute atomic E-state index is 14.0. The van der Waals surface area contributed by atoms with E-state index in [0.29, 0.717) is 52.0 Å². The van der Waals surface area contributed by atoms with Crippen LogP contribution in [-0.4, -0.2) is 79.6 Å². The summed E-state index contributed by atoms with van der Waals surface area (Å²) in [6.07, 6.45) is 6.89. The molecule has 11 nitrogen and oxygen atoms in total. The van der Waals surface area contributed by atoms with E-state index in [4.69, 9.17) is 0 Å². The summed E-state index contributed by atoms with van der Waals surface area (Å²) in [6, 6.07) is 14.6. The van der Waals surface area contributed by atoms with Crippen molar-refractivity contribution in [2.75, 3.05) is 25.0 Å². The normalized spacial score (nSPS) is 15.9. The number of carbonyl (C=O) groups is 3. The zero-order chi connectivity index (χ0) is 30.6. The molecule has 1 unspecified atom stereocenters. The second-order valence-corrected chi connectivity index (χ2v) is 11.6. The number of H-pyrrole nitrogens is 1. The number of nitrogens with one attached hydrogen (secondary N) is 3. The number of pyridine rings is 1. The van der Waals surface area contributed by atoms with Gasteiger partial charge >= 0.3 is 12.1 Å². The Kier molecular flexibility index (Phi) is 8.44. The highest BCUT2D eigenvalue weighted by atomic mass is 16.2. The standard InChI is InChI=1S/C33H38N8O3/c1-3-39(20-23-8-12-34-13-9-23)31(42)29(18-24-16-22(2)30-26(17-24)19-35-38-30)37-32(43)40-14-10-27(11-15-40)41-21-25-6-4-5-7-28(25)36-33(41)44/h4-9,12-13,16-17,19,27,29H,3,10-11,14-15,18,20-21H2,1-2H3,(H,35,38)(H,36,44)(H,37,43). The molecular weight excluding hydrogens is 556 g/mol. The van der Waals surface area contributed by atoms with Gasteiger partial charge in [0.25, 0.3) is 0 Å². The predicted octanol–water partition coefficient (Wildman–Crippen LogP) is 4.45. The molecule has 2 aliphatic rings. The number of hydrogen-bond donors (Lipinski definition) is 3. The number of likely N-dealkylation sites (tertiary alicyclic amines) is 1. The average molecular weight is 595 g/mol. The minimum atomic E-state index is -0.755. The van der Waals surface area contributed by atoms with Gasteiger partial charge in [-0.3, -0.25) is 14.9 Å². The third-order valence-corrected chi connectivity index (χ3v) is 8.71. The van der Waals surface area contributed by atoms with Crippen LogP contribution in [-0.2, 0) is 24.3 Å². The van der Waals surface area contributed by atoms with Gasteiger partial charge in [-0.05, 0) is 73.2 Å². The van der Waals surface area contributed by atoms with Crippen LogP contribution in [0, 0.1) is 6.92 Å². The van der Waals surface area contributed by atoms with Gasteiger partial charge in [0, 0.05) is 68.7 Å². The van der Waals surface area contributed by atoms with Crippen molar-refractivity contribution >= 4 is 34.6 Å². The Hall–Kier alpha value is -4.93. The molecular formula is C33H38N8O3. The van der Waals surface area contributed by atoms with E-state index >= 15 is 0 Å². The van der Waals surface area contributed by atoms with E-state index in [0.717, 1.165) is 38.8 Å². The number of carbonyl (C=O) groups excluding carboxylic acids is 3. The first kappa shape index (κ1) is 29.2. The Morgan fingerprint density at radius 3 is 2.64 bits per heavy atom. The van der Waals surface area contributed by atoms with Crippen molar-refractivity contribution in [1.29, 1.82) is 0 Å². The lowest BCUT2D eigenvalue weighted by molar-refractivity contribution is -0.133. The van der Waals surface area contributed by atoms with Gasteiger partial charge in [-0.25, -0.2) is 9.59 Å². The first-order valence-corrected chi connectivity index (χ1v) is 15.2. The fourth-order valence-electron chi connectivity index (χ4n) is 6.28. The van der Waals surface area contributed by atoms with Gasteiger partial charge < -0.3 is 25.3 Å². The molecule has 0 saturated carbocycles. The number of rotatable bonds is 8. The van der Waals surface area contributed by atoms with Crippen molar-refractivity contribution in [2.24, 2.45) is 0 Å². The number of aromatic amines is 1. The van der Waals surface area contributed by atoms with Crippen molar-refractivity contribution in [2.45, 2.75) is 58.3 Å². The molecule has 2 aliphatic heterocycles. The van der Waals surface area contributed by atoms with Crippen LogP contribution in [0.25, 0.3) is 10.9 Å². The molecule has 0 radical (unpaired) electrons. The first-order chi connectivity index (χ1) is 21.4. The molecule has 4 heterocycles. The Balaban J connectivity index is 1.15. The average Bonchev–Trinajstić information content (AvgIpc) is 3.53. The van der Waals surface area contributed by atoms with E-state index in [1.165, 1.54) is 0 Å². The smallest absolute Gasteiger partial charge is 0.322 e. The zero-order valence-corrected chi connectivity index (χ0v) is 25.1. The van der Waals surface area contributed by atoms with Gasteiger partial charge in [0.05, 0.1) is 11.7 Å². The number of nitrogens with zero attached hydrogens (tertiary/aromatic N) is 5. The van der Waals surface area contributed by atoms with Crippen LogP contribution in [0.15, 0.2) is 67.1 Å². The molecule has 6 rings (SSSR count). The number of benzene rings is 2. The van der Waals surface area contributed by atoms with Crippen molar-refractivity contribution in [3.8, 4) is 0 Å². The lowest BCUT2D eigenvalue weighted by atomic mass is 10.00. The Bertz CT molecular complexity index is 1650. The van der Waals surface area contributed by atoms with Crippen LogP contribution in [0.3, 0.4) is 0 Å². The monoisotopic (exact) mass is 594 g/mol. The lowest BCUT2D eigenvalue weighted by Gasteiger charge is -2.40. The number of para-hydroxylation sites is 1. The molecule has 5 amide bonds. The number of aryl methyl sites for hydroxylation is 1. The SMILES string of the molecule is CCN(Cc1ccncc1)C(=O)C(Cc1cc(C)c2[nH]ncc2c1)NC(=O)N1CCC(N2Cc3ccccc3NC2=O)CC1. The maximum atomic E-state index is 14.0. The van der Waals surface area contributed by atoms with E-state index in [1.54, 1.807) is 28.4 Å². The van der Waals surface area contributed by atoms with Crippen LogP contribution in [0.2, 0.25) is 0 Å². The van der Waals surface area contributed by atoms with Crippen LogP contribution in [0.1, 0.15) is 42.0 Å². The van der Waals surface area contributed by atoms with Crippen LogP contribution >= 0.6 is 0 Å². The fourth-order valence-corrected chi connectivity index (χ4v) is 6.28. The van der Waals surface area contributed by atoms with E-state index in [9.17, 15) is 14.4 Å². The minimum absolute atomic E-state index is 0.0328. The van der Waals surface area contributed by atoms with E-state index in [-0.39, 0.29) is 24.0 Å². The summed E-state index contributed by atoms with van der Waals surface area (Å²) in [6.45, 7) is 6.43. The summed E-state index contributed by atoms with van der Waals surface area (Å²) in [7, 11) is 0. The molecule has 0 aliphatic carbocycles. The first-order valence-electron chi connectivity index (χ1n) is 15.2. The highest BCUT2D eigenvalue weighted by Gasteiger charge is 2.34. The number of piperidine rings is 1. The van der Waals surface area contributed by atoms with E-state index < -0.39 is 6.04 Å². The third kappa shape index (κ3) is 6.22. The number of urea groups is 2. The quantitative estimate of drug-likeness (QED) is 0.278. The zero-order valence-electron chi connectivity index (χ0n) is 25.1. The molecule has 3 N–H and O–H groups in total. The molecule has 228 valence electrons. The molecule has 11 heteroatoms. The molecule has 2 aromatic carbocycles. The molecule has 1 saturated heterocycles. The van der Waals surface area contributed by atoms with Gasteiger partial charge in [0.2, 0.25) is 5.91 Å². The molecule has 1 fully saturated rings. The van der Waals surface area contributed by atoms with Crippen molar-refractivity contribution < 1.29 is 14.4 Å². The van der Waals surface area contributed by atoms with Crippen LogP contribution in [0.5, 0.6) is 0 Å². The summed E-state index contributed by atoms with van der Waals surface area (Å²) in [5, 5.41) is 14.2. The van der Waals surface area contributed by atoms with E-state index in [2.05, 4.69) is 25.8 Å². The number of likely N-dealkylation sites (N-methyl/N-ethyl adjacent to an activating group) is 1. The van der Waals surface area contributed by atoms with E-state index in [1.807, 2.05) is 67.3 Å². The van der Waals surface area contributed by atoms with Gasteiger partial charge in [0.15, 0.2) is 0 Å². The lowest BCUT2D eigenvalue weighted by Crippen LogP contribution is -2.56. The van der Waals surface area contributed by atoms with Crippen molar-refractivity contribution in [3.05, 3.63) is 89.4 Å². The maximum Gasteiger partial charge on any atom is 0.322 e. The molecule has 1 atom stereocenters. The summed E-state index contributed by atoms with van der Waals surface area (Å²) in [4.78, 5) is 50.0. The summed E-state index contributed by atoms with van der Waals surface area (Å²) < 4.78 is 0. The Labute approximate surface area is 256 Å². The summed E-state index contributed by atoms with van der Waals surface area (Å²) in [5.41, 5.74) is 5.86. The van der Waals surface area contributed by atoms with Crippen LogP contribution in [0.4, 0.5) is 15.3 Å². The largest absolute Gasteiger partial charge is 0.337 e. The predicted molar refractivity (Wildman–Crippen MR) is 168 cm³/mol. The summed E-state index contributed by atoms with van der Waals surface area (Å²) in [5.74, 6) is -0.138. The second kappa shape index (κ2) is 12.7. The second-order valence-electron chi connectivity index (χ2n) is 11.6. The molecule has 44 heavy (non-hydrogen) atoms. The number of fused-ring (bicyclic) bond motifs is 2. The molecule has 0 spiro atoms. The van der Waals surface area contributed by atoms with Gasteiger partial charge in [-0.1, -0.05) is 24.3 Å². The van der Waals surface area contributed by atoms with Crippen molar-refractivity contribution in [3.63, 3.8) is 0 Å². The topological polar surface area (TPSA) is 127 Å². The molecule has 4 aromatic rings.